The average molecular weight is 234 g/mol. The maximum atomic E-state index is 4.47. The average Bonchev–Trinajstić information content (AvgIpc) is 2.85. The van der Waals surface area contributed by atoms with E-state index in [-0.39, 0.29) is 0 Å². The normalized spacial score (nSPS) is 17.7. The first-order chi connectivity index (χ1) is 7.85. The molecule has 0 saturated carbocycles. The minimum Gasteiger partial charge on any atom is -0.320 e. The highest BCUT2D eigenvalue weighted by atomic mass is 32.1. The fourth-order valence-electron chi connectivity index (χ4n) is 1.99. The van der Waals surface area contributed by atoms with E-state index >= 15 is 0 Å². The standard InChI is InChI=1S/C13H18N2S/c1-3-11-8-12-13(16-11)10(9-15-12)6-4-5-7-14-2/h3,8-10,14H,1,4-7H2,2H3. The van der Waals surface area contributed by atoms with Crippen molar-refractivity contribution in [3.05, 3.63) is 22.4 Å². The number of fused-ring (bicyclic) bond motifs is 1. The van der Waals surface area contributed by atoms with Crippen LogP contribution in [0.5, 0.6) is 0 Å². The van der Waals surface area contributed by atoms with E-state index in [9.17, 15) is 0 Å². The molecule has 1 atom stereocenters. The summed E-state index contributed by atoms with van der Waals surface area (Å²) in [5.74, 6) is 0.547. The summed E-state index contributed by atoms with van der Waals surface area (Å²) in [7, 11) is 2.00. The molecule has 0 fully saturated rings. The summed E-state index contributed by atoms with van der Waals surface area (Å²) in [6.07, 6.45) is 7.74. The largest absolute Gasteiger partial charge is 0.320 e. The Labute approximate surface area is 101 Å². The lowest BCUT2D eigenvalue weighted by atomic mass is 10.0. The van der Waals surface area contributed by atoms with Gasteiger partial charge in [-0.25, -0.2) is 0 Å². The molecule has 0 aromatic carbocycles. The van der Waals surface area contributed by atoms with Gasteiger partial charge in [0.05, 0.1) is 5.69 Å². The third kappa shape index (κ3) is 2.42. The van der Waals surface area contributed by atoms with Crippen LogP contribution in [0.15, 0.2) is 17.6 Å². The quantitative estimate of drug-likeness (QED) is 0.747. The molecule has 1 N–H and O–H groups in total. The molecule has 1 unspecified atom stereocenters. The molecule has 2 nitrogen and oxygen atoms in total. The third-order valence-corrected chi connectivity index (χ3v) is 4.13. The Morgan fingerprint density at radius 3 is 3.19 bits per heavy atom. The van der Waals surface area contributed by atoms with E-state index in [1.807, 2.05) is 24.5 Å². The summed E-state index contributed by atoms with van der Waals surface area (Å²) in [6, 6.07) is 2.14. The van der Waals surface area contributed by atoms with Crippen LogP contribution >= 0.6 is 11.3 Å². The first-order valence-electron chi connectivity index (χ1n) is 5.80. The molecular formula is C13H18N2S. The van der Waals surface area contributed by atoms with Gasteiger partial charge in [-0.05, 0) is 32.5 Å². The van der Waals surface area contributed by atoms with Crippen LogP contribution in [0.1, 0.15) is 34.9 Å². The molecule has 86 valence electrons. The lowest BCUT2D eigenvalue weighted by molar-refractivity contribution is 0.634. The fraction of sp³-hybridized carbons (Fsp3) is 0.462. The second-order valence-electron chi connectivity index (χ2n) is 4.09. The van der Waals surface area contributed by atoms with Crippen molar-refractivity contribution in [1.82, 2.24) is 5.32 Å². The van der Waals surface area contributed by atoms with E-state index in [4.69, 9.17) is 0 Å². The van der Waals surface area contributed by atoms with E-state index < -0.39 is 0 Å². The van der Waals surface area contributed by atoms with Crippen molar-refractivity contribution >= 4 is 29.3 Å². The third-order valence-electron chi connectivity index (χ3n) is 2.88. The van der Waals surface area contributed by atoms with Crippen LogP contribution in [0.2, 0.25) is 0 Å². The van der Waals surface area contributed by atoms with Crippen molar-refractivity contribution in [2.75, 3.05) is 13.6 Å². The highest BCUT2D eigenvalue weighted by Gasteiger charge is 2.21. The van der Waals surface area contributed by atoms with E-state index in [0.29, 0.717) is 5.92 Å². The van der Waals surface area contributed by atoms with Gasteiger partial charge < -0.3 is 5.32 Å². The zero-order valence-electron chi connectivity index (χ0n) is 9.70. The lowest BCUT2D eigenvalue weighted by Gasteiger charge is -2.06. The molecule has 2 heterocycles. The van der Waals surface area contributed by atoms with Gasteiger partial charge in [0.25, 0.3) is 0 Å². The van der Waals surface area contributed by atoms with Crippen LogP contribution in [-0.2, 0) is 0 Å². The first-order valence-corrected chi connectivity index (χ1v) is 6.61. The van der Waals surface area contributed by atoms with Crippen LogP contribution in [-0.4, -0.2) is 19.8 Å². The van der Waals surface area contributed by atoms with Crippen molar-refractivity contribution < 1.29 is 0 Å². The van der Waals surface area contributed by atoms with Crippen molar-refractivity contribution in [2.45, 2.75) is 25.2 Å². The SMILES string of the molecule is C=Cc1cc2c(s1)C(CCCCNC)C=N2. The monoisotopic (exact) mass is 234 g/mol. The summed E-state index contributed by atoms with van der Waals surface area (Å²) in [4.78, 5) is 7.14. The molecule has 0 saturated heterocycles. The van der Waals surface area contributed by atoms with E-state index in [1.54, 1.807) is 0 Å². The first kappa shape index (κ1) is 11.6. The molecule has 0 bridgehead atoms. The smallest absolute Gasteiger partial charge is 0.0777 e. The van der Waals surface area contributed by atoms with E-state index in [2.05, 4.69) is 29.2 Å². The second kappa shape index (κ2) is 5.41. The minimum absolute atomic E-state index is 0.547. The van der Waals surface area contributed by atoms with Gasteiger partial charge in [0.2, 0.25) is 0 Å². The number of unbranched alkanes of at least 4 members (excludes halogenated alkanes) is 1. The number of nitrogens with zero attached hydrogens (tertiary/aromatic N) is 1. The van der Waals surface area contributed by atoms with E-state index in [1.165, 1.54) is 34.7 Å². The number of rotatable bonds is 6. The maximum Gasteiger partial charge on any atom is 0.0777 e. The van der Waals surface area contributed by atoms with Gasteiger partial charge in [-0.1, -0.05) is 19.1 Å². The summed E-state index contributed by atoms with van der Waals surface area (Å²) in [6.45, 7) is 4.92. The molecular weight excluding hydrogens is 216 g/mol. The van der Waals surface area contributed by atoms with Crippen LogP contribution < -0.4 is 5.32 Å². The van der Waals surface area contributed by atoms with Crippen LogP contribution in [0, 0.1) is 0 Å². The lowest BCUT2D eigenvalue weighted by Crippen LogP contribution is -2.07. The fourth-order valence-corrected chi connectivity index (χ4v) is 3.05. The van der Waals surface area contributed by atoms with Crippen LogP contribution in [0.3, 0.4) is 0 Å². The van der Waals surface area contributed by atoms with Gasteiger partial charge in [-0.2, -0.15) is 0 Å². The Bertz CT molecular complexity index is 393. The molecule has 1 aliphatic heterocycles. The number of nitrogens with one attached hydrogen (secondary N) is 1. The number of hydrogen-bond acceptors (Lipinski definition) is 3. The number of aliphatic imine (C=N–C) groups is 1. The Balaban J connectivity index is 1.92. The predicted octanol–water partition coefficient (Wildman–Crippen LogP) is 3.58. The molecule has 0 aliphatic carbocycles. The van der Waals surface area contributed by atoms with Gasteiger partial charge >= 0.3 is 0 Å². The molecule has 0 amide bonds. The zero-order valence-corrected chi connectivity index (χ0v) is 10.5. The number of hydrogen-bond donors (Lipinski definition) is 1. The minimum atomic E-state index is 0.547. The zero-order chi connectivity index (χ0) is 11.4. The Hall–Kier alpha value is -0.930. The van der Waals surface area contributed by atoms with Gasteiger partial charge in [-0.3, -0.25) is 4.99 Å². The van der Waals surface area contributed by atoms with Crippen molar-refractivity contribution in [3.8, 4) is 0 Å². The van der Waals surface area contributed by atoms with Crippen molar-refractivity contribution in [1.29, 1.82) is 0 Å². The van der Waals surface area contributed by atoms with E-state index in [0.717, 1.165) is 6.54 Å². The Kier molecular flexibility index (Phi) is 3.91. The summed E-state index contributed by atoms with van der Waals surface area (Å²) in [5, 5.41) is 3.18. The molecule has 0 spiro atoms. The topological polar surface area (TPSA) is 24.4 Å². The second-order valence-corrected chi connectivity index (χ2v) is 5.20. The Morgan fingerprint density at radius 1 is 1.56 bits per heavy atom. The van der Waals surface area contributed by atoms with Crippen LogP contribution in [0.4, 0.5) is 5.69 Å². The van der Waals surface area contributed by atoms with Gasteiger partial charge in [0.15, 0.2) is 0 Å². The molecule has 2 rings (SSSR count). The highest BCUT2D eigenvalue weighted by molar-refractivity contribution is 7.13. The highest BCUT2D eigenvalue weighted by Crippen LogP contribution is 2.41. The van der Waals surface area contributed by atoms with Gasteiger partial charge in [-0.15, -0.1) is 11.3 Å². The summed E-state index contributed by atoms with van der Waals surface area (Å²) >= 11 is 1.84. The summed E-state index contributed by atoms with van der Waals surface area (Å²) < 4.78 is 0. The molecule has 1 aromatic heterocycles. The summed E-state index contributed by atoms with van der Waals surface area (Å²) in [5.41, 5.74) is 1.17. The molecule has 1 aromatic rings. The van der Waals surface area contributed by atoms with Crippen LogP contribution in [0.25, 0.3) is 6.08 Å². The van der Waals surface area contributed by atoms with Crippen molar-refractivity contribution in [3.63, 3.8) is 0 Å². The molecule has 3 heteroatoms. The Morgan fingerprint density at radius 2 is 2.44 bits per heavy atom. The number of thiophene rings is 1. The van der Waals surface area contributed by atoms with Gasteiger partial charge in [0, 0.05) is 21.9 Å². The predicted molar refractivity (Wildman–Crippen MR) is 73.1 cm³/mol. The molecule has 16 heavy (non-hydrogen) atoms. The maximum absolute atomic E-state index is 4.47. The molecule has 0 radical (unpaired) electrons. The molecule has 1 aliphatic rings. The van der Waals surface area contributed by atoms with Gasteiger partial charge in [0.1, 0.15) is 0 Å². The van der Waals surface area contributed by atoms with Crippen molar-refractivity contribution in [2.24, 2.45) is 4.99 Å².